The minimum absolute atomic E-state index is 0.257. The van der Waals surface area contributed by atoms with Crippen LogP contribution in [0, 0.1) is 12.7 Å². The molecular formula is C18H18FN3O2S. The van der Waals surface area contributed by atoms with Gasteiger partial charge in [0.05, 0.1) is 12.2 Å². The van der Waals surface area contributed by atoms with E-state index in [1.54, 1.807) is 39.1 Å². The standard InChI is InChI=1S/C18H18FN3O2S/c1-4-24-18(23)14-11(3)21-16(17-20-8-9-25-17)22-15(14)12-6-5-7-13(19)10(12)2/h5-9,15H,4H2,1-3H3,(H,21,22)/t15-/m1/s1. The average molecular weight is 359 g/mol. The Hall–Kier alpha value is -2.54. The summed E-state index contributed by atoms with van der Waals surface area (Å²) in [5.41, 5.74) is 2.12. The molecule has 130 valence electrons. The monoisotopic (exact) mass is 359 g/mol. The molecule has 0 spiro atoms. The molecule has 2 aromatic rings. The van der Waals surface area contributed by atoms with Gasteiger partial charge in [-0.2, -0.15) is 0 Å². The lowest BCUT2D eigenvalue weighted by Gasteiger charge is -2.26. The quantitative estimate of drug-likeness (QED) is 0.849. The van der Waals surface area contributed by atoms with Crippen molar-refractivity contribution >= 4 is 23.1 Å². The van der Waals surface area contributed by atoms with E-state index in [2.05, 4.69) is 15.3 Å². The van der Waals surface area contributed by atoms with Crippen molar-refractivity contribution in [2.24, 2.45) is 4.99 Å². The molecule has 0 unspecified atom stereocenters. The Labute approximate surface area is 149 Å². The number of rotatable bonds is 4. The SMILES string of the molecule is CCOC(=O)C1=C(C)NC(c2nccs2)=N[C@@H]1c1cccc(F)c1C. The van der Waals surface area contributed by atoms with E-state index in [-0.39, 0.29) is 12.4 Å². The van der Waals surface area contributed by atoms with Crippen molar-refractivity contribution in [1.29, 1.82) is 0 Å². The van der Waals surface area contributed by atoms with Gasteiger partial charge >= 0.3 is 5.97 Å². The highest BCUT2D eigenvalue weighted by molar-refractivity contribution is 7.11. The van der Waals surface area contributed by atoms with E-state index in [1.165, 1.54) is 17.4 Å². The zero-order chi connectivity index (χ0) is 18.0. The number of allylic oxidation sites excluding steroid dienone is 1. The van der Waals surface area contributed by atoms with E-state index >= 15 is 0 Å². The third-order valence-corrected chi connectivity index (χ3v) is 4.76. The summed E-state index contributed by atoms with van der Waals surface area (Å²) in [6.07, 6.45) is 1.69. The van der Waals surface area contributed by atoms with Crippen molar-refractivity contribution in [2.75, 3.05) is 6.61 Å². The number of halogens is 1. The number of hydrogen-bond acceptors (Lipinski definition) is 6. The zero-order valence-corrected chi connectivity index (χ0v) is 15.0. The topological polar surface area (TPSA) is 63.6 Å². The lowest BCUT2D eigenvalue weighted by Crippen LogP contribution is -2.33. The predicted molar refractivity (Wildman–Crippen MR) is 95.0 cm³/mol. The lowest BCUT2D eigenvalue weighted by molar-refractivity contribution is -0.138. The fraction of sp³-hybridized carbons (Fsp3) is 0.278. The van der Waals surface area contributed by atoms with Crippen LogP contribution in [0.5, 0.6) is 0 Å². The molecule has 0 fully saturated rings. The van der Waals surface area contributed by atoms with Crippen LogP contribution in [0.2, 0.25) is 0 Å². The highest BCUT2D eigenvalue weighted by atomic mass is 32.1. The molecule has 0 radical (unpaired) electrons. The van der Waals surface area contributed by atoms with Gasteiger partial charge in [-0.3, -0.25) is 4.99 Å². The number of esters is 1. The second kappa shape index (κ2) is 7.14. The van der Waals surface area contributed by atoms with Gasteiger partial charge in [-0.25, -0.2) is 14.2 Å². The molecule has 1 aromatic carbocycles. The first-order chi connectivity index (χ1) is 12.0. The molecule has 1 aromatic heterocycles. The highest BCUT2D eigenvalue weighted by Crippen LogP contribution is 2.34. The van der Waals surface area contributed by atoms with Crippen LogP contribution in [-0.4, -0.2) is 23.4 Å². The number of nitrogens with one attached hydrogen (secondary N) is 1. The third-order valence-electron chi connectivity index (χ3n) is 3.98. The summed E-state index contributed by atoms with van der Waals surface area (Å²) >= 11 is 1.44. The fourth-order valence-electron chi connectivity index (χ4n) is 2.74. The Morgan fingerprint density at radius 2 is 2.20 bits per heavy atom. The molecule has 25 heavy (non-hydrogen) atoms. The summed E-state index contributed by atoms with van der Waals surface area (Å²) in [6.45, 7) is 5.48. The minimum Gasteiger partial charge on any atom is -0.463 e. The number of hydrogen-bond donors (Lipinski definition) is 1. The van der Waals surface area contributed by atoms with E-state index in [1.807, 2.05) is 5.38 Å². The van der Waals surface area contributed by atoms with Gasteiger partial charge in [0.1, 0.15) is 11.9 Å². The smallest absolute Gasteiger partial charge is 0.338 e. The fourth-order valence-corrected chi connectivity index (χ4v) is 3.33. The van der Waals surface area contributed by atoms with Crippen molar-refractivity contribution in [3.63, 3.8) is 0 Å². The Morgan fingerprint density at radius 1 is 1.40 bits per heavy atom. The van der Waals surface area contributed by atoms with Crippen molar-refractivity contribution in [2.45, 2.75) is 26.8 Å². The van der Waals surface area contributed by atoms with Crippen LogP contribution in [0.1, 0.15) is 36.0 Å². The maximum absolute atomic E-state index is 14.1. The molecule has 0 aliphatic carbocycles. The summed E-state index contributed by atoms with van der Waals surface area (Å²) in [6, 6.07) is 4.15. The molecule has 5 nitrogen and oxygen atoms in total. The number of aromatic nitrogens is 1. The largest absolute Gasteiger partial charge is 0.463 e. The number of thiazole rings is 1. The molecule has 1 N–H and O–H groups in total. The second-order valence-electron chi connectivity index (χ2n) is 5.56. The molecule has 0 amide bonds. The molecule has 0 bridgehead atoms. The van der Waals surface area contributed by atoms with Gasteiger partial charge in [0.2, 0.25) is 0 Å². The van der Waals surface area contributed by atoms with Crippen LogP contribution in [0.3, 0.4) is 0 Å². The minimum atomic E-state index is -0.644. The number of carbonyl (C=O) groups excluding carboxylic acids is 1. The van der Waals surface area contributed by atoms with Gasteiger partial charge < -0.3 is 10.1 Å². The van der Waals surface area contributed by atoms with Crippen LogP contribution in [0.15, 0.2) is 46.0 Å². The highest BCUT2D eigenvalue weighted by Gasteiger charge is 2.32. The third kappa shape index (κ3) is 3.32. The molecular weight excluding hydrogens is 341 g/mol. The number of nitrogens with zero attached hydrogens (tertiary/aromatic N) is 2. The average Bonchev–Trinajstić information content (AvgIpc) is 3.11. The zero-order valence-electron chi connectivity index (χ0n) is 14.2. The van der Waals surface area contributed by atoms with Gasteiger partial charge in [-0.15, -0.1) is 11.3 Å². The summed E-state index contributed by atoms with van der Waals surface area (Å²) in [7, 11) is 0. The number of ether oxygens (including phenoxy) is 1. The normalized spacial score (nSPS) is 17.1. The van der Waals surface area contributed by atoms with Gasteiger partial charge in [0, 0.05) is 17.3 Å². The van der Waals surface area contributed by atoms with Crippen LogP contribution in [0.4, 0.5) is 4.39 Å². The van der Waals surface area contributed by atoms with Crippen molar-refractivity contribution < 1.29 is 13.9 Å². The van der Waals surface area contributed by atoms with E-state index in [0.29, 0.717) is 33.2 Å². The molecule has 3 rings (SSSR count). The maximum Gasteiger partial charge on any atom is 0.338 e. The second-order valence-corrected chi connectivity index (χ2v) is 6.45. The molecule has 1 atom stereocenters. The van der Waals surface area contributed by atoms with E-state index in [0.717, 1.165) is 0 Å². The molecule has 7 heteroatoms. The Kier molecular flexibility index (Phi) is 4.94. The first kappa shape index (κ1) is 17.3. The number of benzene rings is 1. The molecule has 1 aliphatic rings. The van der Waals surface area contributed by atoms with Crippen molar-refractivity contribution in [1.82, 2.24) is 10.3 Å². The van der Waals surface area contributed by atoms with Crippen LogP contribution >= 0.6 is 11.3 Å². The summed E-state index contributed by atoms with van der Waals surface area (Å²) in [5.74, 6) is -0.222. The van der Waals surface area contributed by atoms with E-state index in [9.17, 15) is 9.18 Å². The van der Waals surface area contributed by atoms with Crippen LogP contribution < -0.4 is 5.32 Å². The predicted octanol–water partition coefficient (Wildman–Crippen LogP) is 3.52. The number of aliphatic imine (C=N–C) groups is 1. The van der Waals surface area contributed by atoms with Crippen LogP contribution in [0.25, 0.3) is 0 Å². The first-order valence-corrected chi connectivity index (χ1v) is 8.78. The van der Waals surface area contributed by atoms with Gasteiger partial charge in [-0.1, -0.05) is 12.1 Å². The van der Waals surface area contributed by atoms with E-state index < -0.39 is 12.0 Å². The molecule has 2 heterocycles. The Bertz CT molecular complexity index is 859. The van der Waals surface area contributed by atoms with Gasteiger partial charge in [0.25, 0.3) is 0 Å². The summed E-state index contributed by atoms with van der Waals surface area (Å²) in [5, 5.41) is 5.68. The van der Waals surface area contributed by atoms with Crippen molar-refractivity contribution in [3.8, 4) is 0 Å². The van der Waals surface area contributed by atoms with Gasteiger partial charge in [-0.05, 0) is 38.0 Å². The van der Waals surface area contributed by atoms with Crippen LogP contribution in [-0.2, 0) is 9.53 Å². The Balaban J connectivity index is 2.13. The molecule has 0 saturated carbocycles. The summed E-state index contributed by atoms with van der Waals surface area (Å²) in [4.78, 5) is 21.4. The van der Waals surface area contributed by atoms with E-state index in [4.69, 9.17) is 4.74 Å². The number of carbonyl (C=O) groups is 1. The summed E-state index contributed by atoms with van der Waals surface area (Å²) < 4.78 is 19.3. The lowest BCUT2D eigenvalue weighted by atomic mass is 9.92. The number of amidine groups is 1. The van der Waals surface area contributed by atoms with Crippen molar-refractivity contribution in [3.05, 3.63) is 63.0 Å². The maximum atomic E-state index is 14.1. The first-order valence-electron chi connectivity index (χ1n) is 7.90. The Morgan fingerprint density at radius 3 is 2.88 bits per heavy atom. The molecule has 0 saturated heterocycles. The van der Waals surface area contributed by atoms with Gasteiger partial charge in [0.15, 0.2) is 10.8 Å². The molecule has 1 aliphatic heterocycles.